The Labute approximate surface area is 99.6 Å². The van der Waals surface area contributed by atoms with Crippen LogP contribution in [0.2, 0.25) is 0 Å². The van der Waals surface area contributed by atoms with E-state index < -0.39 is 0 Å². The van der Waals surface area contributed by atoms with Crippen molar-refractivity contribution in [1.82, 2.24) is 9.55 Å². The van der Waals surface area contributed by atoms with Crippen molar-refractivity contribution in [1.29, 1.82) is 0 Å². The molecule has 0 aromatic carbocycles. The molecule has 1 heterocycles. The normalized spacial score (nSPS) is 14.6. The minimum absolute atomic E-state index is 0.133. The maximum Gasteiger partial charge on any atom is 0.257 e. The Kier molecular flexibility index (Phi) is 3.49. The summed E-state index contributed by atoms with van der Waals surface area (Å²) in [6.07, 6.45) is 7.80. The molecule has 0 N–H and O–H groups in total. The Balaban J connectivity index is 2.59. The smallest absolute Gasteiger partial charge is 0.257 e. The highest BCUT2D eigenvalue weighted by Crippen LogP contribution is 2.19. The summed E-state index contributed by atoms with van der Waals surface area (Å²) in [5.41, 5.74) is 2.07. The molecule has 0 saturated carbocycles. The molecule has 2 rings (SSSR count). The van der Waals surface area contributed by atoms with Crippen LogP contribution >= 0.6 is 11.8 Å². The molecule has 0 fully saturated rings. The molecule has 0 radical (unpaired) electrons. The van der Waals surface area contributed by atoms with E-state index in [4.69, 9.17) is 0 Å². The molecule has 3 nitrogen and oxygen atoms in total. The van der Waals surface area contributed by atoms with Crippen LogP contribution in [0.1, 0.15) is 24.1 Å². The molecule has 1 aliphatic carbocycles. The van der Waals surface area contributed by atoms with Crippen LogP contribution in [0.25, 0.3) is 0 Å². The van der Waals surface area contributed by atoms with Crippen LogP contribution in [-0.4, -0.2) is 15.8 Å². The van der Waals surface area contributed by atoms with Crippen LogP contribution in [0.5, 0.6) is 0 Å². The third-order valence-corrected chi connectivity index (χ3v) is 3.57. The first kappa shape index (κ1) is 11.5. The second-order valence-corrected chi connectivity index (χ2v) is 4.71. The summed E-state index contributed by atoms with van der Waals surface area (Å²) in [5.74, 6) is 0. The quantitative estimate of drug-likeness (QED) is 0.457. The van der Waals surface area contributed by atoms with E-state index in [0.717, 1.165) is 42.1 Å². The van der Waals surface area contributed by atoms with Crippen molar-refractivity contribution in [2.75, 3.05) is 6.26 Å². The van der Waals surface area contributed by atoms with Crippen LogP contribution in [-0.2, 0) is 19.4 Å². The minimum atomic E-state index is 0.133. The number of hydrogen-bond donors (Lipinski definition) is 0. The van der Waals surface area contributed by atoms with Gasteiger partial charge < -0.3 is 0 Å². The van der Waals surface area contributed by atoms with E-state index in [1.807, 2.05) is 6.26 Å². The van der Waals surface area contributed by atoms with E-state index >= 15 is 0 Å². The zero-order chi connectivity index (χ0) is 11.5. The van der Waals surface area contributed by atoms with Crippen LogP contribution < -0.4 is 5.56 Å². The van der Waals surface area contributed by atoms with Gasteiger partial charge in [-0.3, -0.25) is 9.36 Å². The Hall–Kier alpha value is -1.03. The predicted molar refractivity (Wildman–Crippen MR) is 67.1 cm³/mol. The predicted octanol–water partition coefficient (Wildman–Crippen LogP) is 2.03. The molecule has 0 unspecified atom stereocenters. The lowest BCUT2D eigenvalue weighted by Gasteiger charge is -2.17. The molecule has 0 aliphatic heterocycles. The van der Waals surface area contributed by atoms with Crippen LogP contribution in [0.4, 0.5) is 0 Å². The molecule has 0 amide bonds. The van der Waals surface area contributed by atoms with Crippen molar-refractivity contribution >= 4 is 11.8 Å². The first-order valence-corrected chi connectivity index (χ1v) is 6.78. The Morgan fingerprint density at radius 3 is 2.94 bits per heavy atom. The van der Waals surface area contributed by atoms with Crippen molar-refractivity contribution in [2.24, 2.45) is 0 Å². The molecule has 0 saturated heterocycles. The summed E-state index contributed by atoms with van der Waals surface area (Å²) in [6, 6.07) is 0. The minimum Gasteiger partial charge on any atom is -0.284 e. The lowest BCUT2D eigenvalue weighted by molar-refractivity contribution is 0.582. The fourth-order valence-corrected chi connectivity index (χ4v) is 2.69. The monoisotopic (exact) mass is 236 g/mol. The summed E-state index contributed by atoms with van der Waals surface area (Å²) in [6.45, 7) is 4.24. The second-order valence-electron chi connectivity index (χ2n) is 3.94. The number of hydrogen-bond acceptors (Lipinski definition) is 3. The molecule has 1 aliphatic rings. The SMILES string of the molecule is C=CCn1c(SC)nc2c(c1=O)CCCC2. The van der Waals surface area contributed by atoms with Gasteiger partial charge in [-0.15, -0.1) is 6.58 Å². The topological polar surface area (TPSA) is 34.9 Å². The summed E-state index contributed by atoms with van der Waals surface area (Å²) >= 11 is 1.53. The number of allylic oxidation sites excluding steroid dienone is 1. The third kappa shape index (κ3) is 1.94. The van der Waals surface area contributed by atoms with Gasteiger partial charge >= 0.3 is 0 Å². The molecular weight excluding hydrogens is 220 g/mol. The molecule has 1 aromatic rings. The van der Waals surface area contributed by atoms with E-state index in [1.165, 1.54) is 11.8 Å². The fraction of sp³-hybridized carbons (Fsp3) is 0.500. The maximum absolute atomic E-state index is 12.2. The van der Waals surface area contributed by atoms with Crippen molar-refractivity contribution in [2.45, 2.75) is 37.4 Å². The van der Waals surface area contributed by atoms with Gasteiger partial charge in [-0.25, -0.2) is 4.98 Å². The highest BCUT2D eigenvalue weighted by atomic mass is 32.2. The Morgan fingerprint density at radius 2 is 2.25 bits per heavy atom. The van der Waals surface area contributed by atoms with Gasteiger partial charge in [0.1, 0.15) is 0 Å². The van der Waals surface area contributed by atoms with Gasteiger partial charge in [0, 0.05) is 12.1 Å². The first-order valence-electron chi connectivity index (χ1n) is 5.55. The standard InChI is InChI=1S/C12H16N2OS/c1-3-8-14-11(15)9-6-4-5-7-10(9)13-12(14)16-2/h3H,1,4-8H2,2H3. The first-order chi connectivity index (χ1) is 7.77. The summed E-state index contributed by atoms with van der Waals surface area (Å²) in [7, 11) is 0. The molecule has 1 aromatic heterocycles. The highest BCUT2D eigenvalue weighted by molar-refractivity contribution is 7.98. The zero-order valence-corrected chi connectivity index (χ0v) is 10.3. The molecule has 4 heteroatoms. The number of nitrogens with zero attached hydrogens (tertiary/aromatic N) is 2. The molecule has 0 spiro atoms. The summed E-state index contributed by atoms with van der Waals surface area (Å²) < 4.78 is 1.72. The average Bonchev–Trinajstić information content (AvgIpc) is 2.33. The van der Waals surface area contributed by atoms with E-state index in [-0.39, 0.29) is 5.56 Å². The van der Waals surface area contributed by atoms with E-state index in [0.29, 0.717) is 6.54 Å². The lowest BCUT2D eigenvalue weighted by atomic mass is 9.97. The van der Waals surface area contributed by atoms with Gasteiger partial charge in [0.15, 0.2) is 5.16 Å². The number of rotatable bonds is 3. The summed E-state index contributed by atoms with van der Waals surface area (Å²) in [5, 5.41) is 0.811. The number of fused-ring (bicyclic) bond motifs is 1. The van der Waals surface area contributed by atoms with Gasteiger partial charge in [-0.05, 0) is 31.9 Å². The van der Waals surface area contributed by atoms with Gasteiger partial charge in [0.25, 0.3) is 5.56 Å². The number of thioether (sulfide) groups is 1. The molecule has 86 valence electrons. The maximum atomic E-state index is 12.2. The van der Waals surface area contributed by atoms with Crippen molar-refractivity contribution in [3.05, 3.63) is 34.3 Å². The van der Waals surface area contributed by atoms with Crippen LogP contribution in [0, 0.1) is 0 Å². The van der Waals surface area contributed by atoms with Gasteiger partial charge in [-0.2, -0.15) is 0 Å². The molecular formula is C12H16N2OS. The van der Waals surface area contributed by atoms with E-state index in [2.05, 4.69) is 11.6 Å². The fourth-order valence-electron chi connectivity index (χ4n) is 2.11. The lowest BCUT2D eigenvalue weighted by Crippen LogP contribution is -2.29. The van der Waals surface area contributed by atoms with Crippen LogP contribution in [0.15, 0.2) is 22.6 Å². The molecule has 0 atom stereocenters. The van der Waals surface area contributed by atoms with Gasteiger partial charge in [0.05, 0.1) is 5.69 Å². The van der Waals surface area contributed by atoms with Crippen molar-refractivity contribution in [3.63, 3.8) is 0 Å². The van der Waals surface area contributed by atoms with Crippen LogP contribution in [0.3, 0.4) is 0 Å². The van der Waals surface area contributed by atoms with Gasteiger partial charge in [0.2, 0.25) is 0 Å². The Bertz CT molecular complexity index is 465. The van der Waals surface area contributed by atoms with Crippen molar-refractivity contribution < 1.29 is 0 Å². The largest absolute Gasteiger partial charge is 0.284 e. The molecule has 16 heavy (non-hydrogen) atoms. The number of aromatic nitrogens is 2. The number of aryl methyl sites for hydroxylation is 1. The Morgan fingerprint density at radius 1 is 1.50 bits per heavy atom. The van der Waals surface area contributed by atoms with Crippen molar-refractivity contribution in [3.8, 4) is 0 Å². The summed E-state index contributed by atoms with van der Waals surface area (Å²) in [4.78, 5) is 16.8. The average molecular weight is 236 g/mol. The van der Waals surface area contributed by atoms with Gasteiger partial charge in [-0.1, -0.05) is 17.8 Å². The molecule has 0 bridgehead atoms. The zero-order valence-electron chi connectivity index (χ0n) is 9.53. The third-order valence-electron chi connectivity index (χ3n) is 2.90. The van der Waals surface area contributed by atoms with E-state index in [1.54, 1.807) is 10.6 Å². The van der Waals surface area contributed by atoms with E-state index in [9.17, 15) is 4.79 Å². The highest BCUT2D eigenvalue weighted by Gasteiger charge is 2.18. The second kappa shape index (κ2) is 4.87.